The zero-order valence-corrected chi connectivity index (χ0v) is 12.1. The molecular weight excluding hydrogens is 250 g/mol. The minimum Gasteiger partial charge on any atom is -0.496 e. The lowest BCUT2D eigenvalue weighted by molar-refractivity contribution is 0.0939. The van der Waals surface area contributed by atoms with Gasteiger partial charge in [-0.3, -0.25) is 4.79 Å². The number of carbonyl (C=O) groups is 1. The second-order valence-corrected chi connectivity index (χ2v) is 5.43. The molecule has 4 heteroatoms. The fraction of sp³-hybridized carbons (Fsp3) is 0.500. The highest BCUT2D eigenvalue weighted by Gasteiger charge is 2.18. The number of nitrogens with one attached hydrogen (secondary N) is 1. The zero-order chi connectivity index (χ0) is 13.8. The van der Waals surface area contributed by atoms with Crippen LogP contribution in [0.5, 0.6) is 5.75 Å². The molecule has 0 atom stereocenters. The van der Waals surface area contributed by atoms with Gasteiger partial charge in [-0.1, -0.05) is 19.9 Å². The minimum atomic E-state index is -0.105. The van der Waals surface area contributed by atoms with Crippen molar-refractivity contribution >= 4 is 17.5 Å². The van der Waals surface area contributed by atoms with Gasteiger partial charge in [-0.15, -0.1) is 11.6 Å². The van der Waals surface area contributed by atoms with Gasteiger partial charge in [0, 0.05) is 18.0 Å². The van der Waals surface area contributed by atoms with Crippen LogP contribution in [0.25, 0.3) is 0 Å². The summed E-state index contributed by atoms with van der Waals surface area (Å²) in [5, 5.41) is 2.88. The van der Waals surface area contributed by atoms with E-state index in [9.17, 15) is 4.79 Å². The Morgan fingerprint density at radius 2 is 2.11 bits per heavy atom. The number of hydrogen-bond acceptors (Lipinski definition) is 2. The Morgan fingerprint density at radius 3 is 2.67 bits per heavy atom. The molecule has 0 aliphatic rings. The molecule has 1 N–H and O–H groups in total. The average molecular weight is 270 g/mol. The van der Waals surface area contributed by atoms with Gasteiger partial charge in [0.2, 0.25) is 0 Å². The smallest absolute Gasteiger partial charge is 0.251 e. The summed E-state index contributed by atoms with van der Waals surface area (Å²) in [5.74, 6) is 1.12. The number of halogens is 1. The Kier molecular flexibility index (Phi) is 5.03. The summed E-state index contributed by atoms with van der Waals surface area (Å²) in [4.78, 5) is 12.0. The number of aryl methyl sites for hydroxylation is 1. The van der Waals surface area contributed by atoms with E-state index in [1.165, 1.54) is 0 Å². The van der Waals surface area contributed by atoms with Crippen molar-refractivity contribution in [2.45, 2.75) is 20.8 Å². The molecule has 0 fully saturated rings. The molecule has 0 radical (unpaired) electrons. The zero-order valence-electron chi connectivity index (χ0n) is 11.3. The maximum absolute atomic E-state index is 12.0. The molecule has 0 aliphatic heterocycles. The predicted octanol–water partition coefficient (Wildman–Crippen LogP) is 3.00. The van der Waals surface area contributed by atoms with Crippen molar-refractivity contribution in [3.8, 4) is 5.75 Å². The Hall–Kier alpha value is -1.22. The van der Waals surface area contributed by atoms with Crippen molar-refractivity contribution < 1.29 is 9.53 Å². The van der Waals surface area contributed by atoms with Crippen molar-refractivity contribution in [2.75, 3.05) is 19.5 Å². The molecule has 18 heavy (non-hydrogen) atoms. The van der Waals surface area contributed by atoms with E-state index in [0.29, 0.717) is 18.0 Å². The van der Waals surface area contributed by atoms with E-state index in [2.05, 4.69) is 5.32 Å². The van der Waals surface area contributed by atoms with E-state index in [4.69, 9.17) is 16.3 Å². The van der Waals surface area contributed by atoms with E-state index < -0.39 is 0 Å². The number of rotatable bonds is 5. The molecule has 1 rings (SSSR count). The third-order valence-corrected chi connectivity index (χ3v) is 3.48. The first kappa shape index (κ1) is 14.8. The van der Waals surface area contributed by atoms with Crippen LogP contribution in [0.15, 0.2) is 18.2 Å². The van der Waals surface area contributed by atoms with Gasteiger partial charge in [-0.2, -0.15) is 0 Å². The third kappa shape index (κ3) is 3.91. The highest BCUT2D eigenvalue weighted by atomic mass is 35.5. The van der Waals surface area contributed by atoms with Crippen LogP contribution in [-0.2, 0) is 0 Å². The van der Waals surface area contributed by atoms with Crippen LogP contribution in [0.2, 0.25) is 0 Å². The van der Waals surface area contributed by atoms with E-state index >= 15 is 0 Å². The number of alkyl halides is 1. The fourth-order valence-corrected chi connectivity index (χ4v) is 1.52. The van der Waals surface area contributed by atoms with E-state index in [0.717, 1.165) is 11.3 Å². The summed E-state index contributed by atoms with van der Waals surface area (Å²) in [6.45, 7) is 6.51. The van der Waals surface area contributed by atoms with E-state index in [1.807, 2.05) is 26.8 Å². The summed E-state index contributed by atoms with van der Waals surface area (Å²) in [7, 11) is 1.60. The molecule has 1 aromatic rings. The van der Waals surface area contributed by atoms with Crippen LogP contribution in [-0.4, -0.2) is 25.4 Å². The first-order chi connectivity index (χ1) is 8.39. The lowest BCUT2D eigenvalue weighted by Crippen LogP contribution is -2.35. The van der Waals surface area contributed by atoms with Gasteiger partial charge in [0.15, 0.2) is 0 Å². The molecule has 0 unspecified atom stereocenters. The average Bonchev–Trinajstić information content (AvgIpc) is 2.36. The molecule has 0 heterocycles. The Morgan fingerprint density at radius 1 is 1.44 bits per heavy atom. The van der Waals surface area contributed by atoms with Crippen LogP contribution in [0.3, 0.4) is 0 Å². The van der Waals surface area contributed by atoms with Crippen molar-refractivity contribution in [1.29, 1.82) is 0 Å². The molecule has 0 spiro atoms. The molecule has 100 valence electrons. The highest BCUT2D eigenvalue weighted by molar-refractivity contribution is 6.18. The van der Waals surface area contributed by atoms with Crippen molar-refractivity contribution in [1.82, 2.24) is 5.32 Å². The van der Waals surface area contributed by atoms with Crippen molar-refractivity contribution in [2.24, 2.45) is 5.41 Å². The number of benzene rings is 1. The van der Waals surface area contributed by atoms with Crippen molar-refractivity contribution in [3.63, 3.8) is 0 Å². The van der Waals surface area contributed by atoms with Gasteiger partial charge in [0.1, 0.15) is 5.75 Å². The SMILES string of the molecule is COc1cc(C(=O)NCC(C)(C)CCl)ccc1C. The summed E-state index contributed by atoms with van der Waals surface area (Å²) in [6, 6.07) is 5.42. The summed E-state index contributed by atoms with van der Waals surface area (Å²) < 4.78 is 5.20. The predicted molar refractivity (Wildman–Crippen MR) is 74.6 cm³/mol. The molecule has 1 aromatic carbocycles. The number of methoxy groups -OCH3 is 1. The van der Waals surface area contributed by atoms with Crippen molar-refractivity contribution in [3.05, 3.63) is 29.3 Å². The minimum absolute atomic E-state index is 0.105. The second-order valence-electron chi connectivity index (χ2n) is 5.16. The van der Waals surface area contributed by atoms with E-state index in [-0.39, 0.29) is 11.3 Å². The quantitative estimate of drug-likeness (QED) is 0.835. The lowest BCUT2D eigenvalue weighted by atomic mass is 9.96. The number of ether oxygens (including phenoxy) is 1. The second kappa shape index (κ2) is 6.10. The molecule has 0 saturated heterocycles. The van der Waals surface area contributed by atoms with Crippen LogP contribution in [0.1, 0.15) is 29.8 Å². The number of amides is 1. The lowest BCUT2D eigenvalue weighted by Gasteiger charge is -2.21. The van der Waals surface area contributed by atoms with Crippen LogP contribution in [0.4, 0.5) is 0 Å². The van der Waals surface area contributed by atoms with Gasteiger partial charge in [0.05, 0.1) is 7.11 Å². The Balaban J connectivity index is 2.73. The Bertz CT molecular complexity index is 430. The molecule has 0 aromatic heterocycles. The maximum Gasteiger partial charge on any atom is 0.251 e. The van der Waals surface area contributed by atoms with Crippen LogP contribution in [0, 0.1) is 12.3 Å². The Labute approximate surface area is 113 Å². The third-order valence-electron chi connectivity index (χ3n) is 2.76. The molecule has 0 aliphatic carbocycles. The summed E-state index contributed by atoms with van der Waals surface area (Å²) in [5.41, 5.74) is 1.50. The van der Waals surface area contributed by atoms with Gasteiger partial charge in [-0.05, 0) is 30.0 Å². The molecule has 0 saturated carbocycles. The van der Waals surface area contributed by atoms with E-state index in [1.54, 1.807) is 19.2 Å². The summed E-state index contributed by atoms with van der Waals surface area (Å²) >= 11 is 5.82. The number of hydrogen-bond donors (Lipinski definition) is 1. The highest BCUT2D eigenvalue weighted by Crippen LogP contribution is 2.19. The fourth-order valence-electron chi connectivity index (χ4n) is 1.43. The maximum atomic E-state index is 12.0. The first-order valence-corrected chi connectivity index (χ1v) is 6.42. The molecule has 1 amide bonds. The standard InChI is InChI=1S/C14H20ClNO2/c1-10-5-6-11(7-12(10)18-4)13(17)16-9-14(2,3)8-15/h5-7H,8-9H2,1-4H3,(H,16,17). The molecule has 3 nitrogen and oxygen atoms in total. The molecule has 0 bridgehead atoms. The largest absolute Gasteiger partial charge is 0.496 e. The first-order valence-electron chi connectivity index (χ1n) is 5.88. The van der Waals surface area contributed by atoms with Gasteiger partial charge in [-0.25, -0.2) is 0 Å². The van der Waals surface area contributed by atoms with Gasteiger partial charge in [0.25, 0.3) is 5.91 Å². The topological polar surface area (TPSA) is 38.3 Å². The number of carbonyl (C=O) groups excluding carboxylic acids is 1. The van der Waals surface area contributed by atoms with Crippen LogP contribution < -0.4 is 10.1 Å². The van der Waals surface area contributed by atoms with Gasteiger partial charge < -0.3 is 10.1 Å². The van der Waals surface area contributed by atoms with Gasteiger partial charge >= 0.3 is 0 Å². The summed E-state index contributed by atoms with van der Waals surface area (Å²) in [6.07, 6.45) is 0. The molecular formula is C14H20ClNO2. The monoisotopic (exact) mass is 269 g/mol. The normalized spacial score (nSPS) is 11.2. The van der Waals surface area contributed by atoms with Crippen LogP contribution >= 0.6 is 11.6 Å².